The first-order valence-corrected chi connectivity index (χ1v) is 11.2. The van der Waals surface area contributed by atoms with Crippen molar-refractivity contribution < 1.29 is 18.3 Å². The van der Waals surface area contributed by atoms with E-state index in [4.69, 9.17) is 18.9 Å². The molecule has 0 spiro atoms. The average molecular weight is 489 g/mol. The monoisotopic (exact) mass is 488 g/mol. The van der Waals surface area contributed by atoms with Crippen LogP contribution in [0.2, 0.25) is 0 Å². The minimum atomic E-state index is -0.390. The van der Waals surface area contributed by atoms with E-state index in [1.807, 2.05) is 32.0 Å². The molecule has 3 aromatic heterocycles. The largest absolute Gasteiger partial charge is 0.493 e. The van der Waals surface area contributed by atoms with Crippen LogP contribution in [0.25, 0.3) is 28.4 Å². The number of benzene rings is 2. The number of ether oxygens (including phenoxy) is 2. The summed E-state index contributed by atoms with van der Waals surface area (Å²) in [4.78, 5) is 4.86. The summed E-state index contributed by atoms with van der Waals surface area (Å²) in [6.07, 6.45) is 1.40. The van der Waals surface area contributed by atoms with E-state index in [0.29, 0.717) is 39.8 Å². The van der Waals surface area contributed by atoms with Crippen molar-refractivity contribution in [3.05, 3.63) is 65.6 Å². The molecule has 0 amide bonds. The van der Waals surface area contributed by atoms with E-state index in [1.165, 1.54) is 12.3 Å². The van der Waals surface area contributed by atoms with Gasteiger partial charge in [0.15, 0.2) is 11.5 Å². The van der Waals surface area contributed by atoms with Gasteiger partial charge in [0.2, 0.25) is 0 Å². The normalized spacial score (nSPS) is 11.1. The topological polar surface area (TPSA) is 98.7 Å². The molecule has 184 valence electrons. The number of imidazole rings is 1. The lowest BCUT2D eigenvalue weighted by Crippen LogP contribution is -2.02. The van der Waals surface area contributed by atoms with Crippen molar-refractivity contribution in [2.24, 2.45) is 0 Å². The zero-order valence-electron chi connectivity index (χ0n) is 20.5. The minimum Gasteiger partial charge on any atom is -0.493 e. The highest BCUT2D eigenvalue weighted by atomic mass is 19.1. The summed E-state index contributed by atoms with van der Waals surface area (Å²) in [6.45, 7) is 4.02. The molecule has 0 bridgehead atoms. The van der Waals surface area contributed by atoms with Crippen molar-refractivity contribution in [2.45, 2.75) is 13.8 Å². The quantitative estimate of drug-likeness (QED) is 0.305. The number of para-hydroxylation sites is 1. The number of pyridine rings is 1. The number of aryl methyl sites for hydroxylation is 2. The number of rotatable bonds is 7. The van der Waals surface area contributed by atoms with Gasteiger partial charge in [-0.05, 0) is 49.2 Å². The Morgan fingerprint density at radius 3 is 2.28 bits per heavy atom. The molecule has 0 fully saturated rings. The summed E-state index contributed by atoms with van der Waals surface area (Å²) in [5.41, 5.74) is 5.30. The number of aromatic nitrogens is 4. The van der Waals surface area contributed by atoms with Crippen LogP contribution in [0.4, 0.5) is 21.9 Å². The molecule has 5 rings (SSSR count). The number of anilines is 3. The van der Waals surface area contributed by atoms with E-state index in [1.54, 1.807) is 43.9 Å². The maximum Gasteiger partial charge on any atom is 0.315 e. The number of fused-ring (bicyclic) bond motifs is 1. The molecule has 5 aromatic rings. The van der Waals surface area contributed by atoms with Crippen LogP contribution >= 0.6 is 0 Å². The fourth-order valence-corrected chi connectivity index (χ4v) is 4.14. The van der Waals surface area contributed by atoms with Crippen LogP contribution in [0.3, 0.4) is 0 Å². The van der Waals surface area contributed by atoms with Gasteiger partial charge in [-0.3, -0.25) is 4.40 Å². The fourth-order valence-electron chi connectivity index (χ4n) is 4.14. The van der Waals surface area contributed by atoms with E-state index in [0.717, 1.165) is 16.8 Å². The van der Waals surface area contributed by atoms with E-state index in [9.17, 15) is 4.39 Å². The van der Waals surface area contributed by atoms with Gasteiger partial charge in [-0.25, -0.2) is 9.37 Å². The predicted octanol–water partition coefficient (Wildman–Crippen LogP) is 5.61. The molecule has 0 aliphatic carbocycles. The molecular weight excluding hydrogens is 463 g/mol. The lowest BCUT2D eigenvalue weighted by Gasteiger charge is -2.16. The third-order valence-electron chi connectivity index (χ3n) is 5.96. The second-order valence-electron chi connectivity index (χ2n) is 8.19. The van der Waals surface area contributed by atoms with Gasteiger partial charge in [0.25, 0.3) is 5.89 Å². The molecule has 36 heavy (non-hydrogen) atoms. The first kappa shape index (κ1) is 23.2. The molecule has 2 aromatic carbocycles. The standard InChI is InChI=1S/C26H25FN6O3/c1-14-7-6-8-15(2)22(14)30-24-23(29-21-10-9-16(27)13-33(21)24)17-11-19(34-4)20(35-5)12-18(17)25-31-32-26(28-3)36-25/h6-13,30H,1-5H3,(H,28,32). The Labute approximate surface area is 206 Å². The third kappa shape index (κ3) is 3.96. The van der Waals surface area contributed by atoms with Crippen molar-refractivity contribution in [1.82, 2.24) is 19.6 Å². The molecule has 0 aliphatic rings. The Hall–Kier alpha value is -4.60. The summed E-state index contributed by atoms with van der Waals surface area (Å²) in [6, 6.07) is 12.8. The number of hydrogen-bond donors (Lipinski definition) is 2. The lowest BCUT2D eigenvalue weighted by molar-refractivity contribution is 0.355. The van der Waals surface area contributed by atoms with E-state index in [-0.39, 0.29) is 17.7 Å². The van der Waals surface area contributed by atoms with Crippen LogP contribution < -0.4 is 20.1 Å². The number of methoxy groups -OCH3 is 2. The third-order valence-corrected chi connectivity index (χ3v) is 5.96. The Morgan fingerprint density at radius 2 is 1.64 bits per heavy atom. The summed E-state index contributed by atoms with van der Waals surface area (Å²) in [7, 11) is 4.80. The van der Waals surface area contributed by atoms with Crippen LogP contribution in [0.1, 0.15) is 11.1 Å². The minimum absolute atomic E-state index is 0.261. The van der Waals surface area contributed by atoms with E-state index < -0.39 is 0 Å². The molecule has 2 N–H and O–H groups in total. The predicted molar refractivity (Wildman–Crippen MR) is 136 cm³/mol. The second-order valence-corrected chi connectivity index (χ2v) is 8.19. The Bertz CT molecular complexity index is 1560. The van der Waals surface area contributed by atoms with Gasteiger partial charge in [-0.1, -0.05) is 23.3 Å². The Morgan fingerprint density at radius 1 is 0.944 bits per heavy atom. The molecule has 0 aliphatic heterocycles. The van der Waals surface area contributed by atoms with Crippen LogP contribution in [0.15, 0.2) is 53.1 Å². The number of hydrogen-bond acceptors (Lipinski definition) is 8. The smallest absolute Gasteiger partial charge is 0.315 e. The summed E-state index contributed by atoms with van der Waals surface area (Å²) >= 11 is 0. The SMILES string of the molecule is CNc1nnc(-c2cc(OC)c(OC)cc2-c2nc3ccc(F)cn3c2Nc2c(C)cccc2C)o1. The van der Waals surface area contributed by atoms with Crippen molar-refractivity contribution in [3.8, 4) is 34.2 Å². The Kier molecular flexibility index (Phi) is 5.93. The number of nitrogens with one attached hydrogen (secondary N) is 2. The molecule has 0 saturated heterocycles. The van der Waals surface area contributed by atoms with Crippen molar-refractivity contribution in [1.29, 1.82) is 0 Å². The summed E-state index contributed by atoms with van der Waals surface area (Å²) in [5, 5.41) is 14.6. The fraction of sp³-hybridized carbons (Fsp3) is 0.192. The van der Waals surface area contributed by atoms with Gasteiger partial charge in [0, 0.05) is 24.5 Å². The molecule has 0 atom stereocenters. The van der Waals surface area contributed by atoms with Crippen molar-refractivity contribution in [3.63, 3.8) is 0 Å². The maximum absolute atomic E-state index is 14.4. The number of nitrogens with zero attached hydrogens (tertiary/aromatic N) is 4. The van der Waals surface area contributed by atoms with Crippen molar-refractivity contribution >= 4 is 23.2 Å². The highest BCUT2D eigenvalue weighted by Gasteiger charge is 2.24. The molecular formula is C26H25FN6O3. The van der Waals surface area contributed by atoms with Gasteiger partial charge in [-0.2, -0.15) is 0 Å². The van der Waals surface area contributed by atoms with Crippen LogP contribution in [-0.2, 0) is 0 Å². The van der Waals surface area contributed by atoms with E-state index >= 15 is 0 Å². The Balaban J connectivity index is 1.81. The zero-order chi connectivity index (χ0) is 25.4. The van der Waals surface area contributed by atoms with E-state index in [2.05, 4.69) is 20.8 Å². The molecule has 0 unspecified atom stereocenters. The van der Waals surface area contributed by atoms with Crippen LogP contribution in [-0.4, -0.2) is 40.8 Å². The lowest BCUT2D eigenvalue weighted by atomic mass is 10.0. The van der Waals surface area contributed by atoms with Gasteiger partial charge < -0.3 is 24.5 Å². The second kappa shape index (κ2) is 9.21. The zero-order valence-corrected chi connectivity index (χ0v) is 20.5. The first-order valence-electron chi connectivity index (χ1n) is 11.2. The first-order chi connectivity index (χ1) is 17.4. The van der Waals surface area contributed by atoms with Gasteiger partial charge in [0.05, 0.1) is 19.8 Å². The van der Waals surface area contributed by atoms with Crippen LogP contribution in [0.5, 0.6) is 11.5 Å². The highest BCUT2D eigenvalue weighted by Crippen LogP contribution is 2.43. The maximum atomic E-state index is 14.4. The summed E-state index contributed by atoms with van der Waals surface area (Å²) < 4.78 is 33.0. The molecule has 10 heteroatoms. The average Bonchev–Trinajstić information content (AvgIpc) is 3.50. The van der Waals surface area contributed by atoms with Gasteiger partial charge in [0.1, 0.15) is 23.0 Å². The van der Waals surface area contributed by atoms with Crippen molar-refractivity contribution in [2.75, 3.05) is 31.9 Å². The molecule has 9 nitrogen and oxygen atoms in total. The number of halogens is 1. The molecule has 0 radical (unpaired) electrons. The molecule has 0 saturated carbocycles. The van der Waals surface area contributed by atoms with Gasteiger partial charge in [-0.15, -0.1) is 5.10 Å². The van der Waals surface area contributed by atoms with Crippen LogP contribution in [0, 0.1) is 19.7 Å². The van der Waals surface area contributed by atoms with Gasteiger partial charge >= 0.3 is 6.01 Å². The summed E-state index contributed by atoms with van der Waals surface area (Å²) in [5.74, 6) is 1.42. The molecule has 3 heterocycles. The highest BCUT2D eigenvalue weighted by molar-refractivity contribution is 5.89.